The van der Waals surface area contributed by atoms with Crippen LogP contribution in [0.4, 0.5) is 0 Å². The van der Waals surface area contributed by atoms with Gasteiger partial charge in [-0.3, -0.25) is 0 Å². The summed E-state index contributed by atoms with van der Waals surface area (Å²) in [7, 11) is -3.87. The third-order valence-corrected chi connectivity index (χ3v) is 3.66. The van der Waals surface area contributed by atoms with E-state index in [1.54, 1.807) is 24.5 Å². The van der Waals surface area contributed by atoms with E-state index < -0.39 is 10.0 Å². The second-order valence-electron chi connectivity index (χ2n) is 2.31. The van der Waals surface area contributed by atoms with Crippen LogP contribution in [-0.2, 0) is 14.8 Å². The summed E-state index contributed by atoms with van der Waals surface area (Å²) >= 11 is 1.28. The van der Waals surface area contributed by atoms with Crippen LogP contribution in [0.15, 0.2) is 38.5 Å². The minimum atomic E-state index is -3.87. The molecule has 0 N–H and O–H groups in total. The highest BCUT2D eigenvalue weighted by Crippen LogP contribution is 2.25. The molecule has 0 aliphatic rings. The van der Waals surface area contributed by atoms with Crippen LogP contribution in [0.25, 0.3) is 0 Å². The molecule has 0 aliphatic carbocycles. The molecule has 0 aromatic heterocycles. The summed E-state index contributed by atoms with van der Waals surface area (Å²) in [5, 5.41) is 0. The fourth-order valence-electron chi connectivity index (χ4n) is 0.930. The molecule has 14 heavy (non-hydrogen) atoms. The zero-order valence-electron chi connectivity index (χ0n) is 7.30. The van der Waals surface area contributed by atoms with Crippen molar-refractivity contribution < 1.29 is 13.2 Å². The van der Waals surface area contributed by atoms with Gasteiger partial charge in [-0.2, -0.15) is 8.42 Å². The molecule has 0 aliphatic heterocycles. The molecule has 0 unspecified atom stereocenters. The largest absolute Gasteiger partial charge is 0.293 e. The van der Waals surface area contributed by atoms with Crippen LogP contribution < -0.4 is 0 Å². The molecule has 6 heteroatoms. The molecule has 0 heterocycles. The molecule has 0 amide bonds. The van der Waals surface area contributed by atoms with Gasteiger partial charge in [0.05, 0.1) is 0 Å². The molecule has 74 valence electrons. The molecule has 1 aromatic carbocycles. The second kappa shape index (κ2) is 4.41. The van der Waals surface area contributed by atoms with Crippen molar-refractivity contribution in [2.45, 2.75) is 9.79 Å². The first-order valence-corrected chi connectivity index (χ1v) is 6.25. The molecule has 1 aromatic rings. The average molecular weight is 229 g/mol. The van der Waals surface area contributed by atoms with Gasteiger partial charge < -0.3 is 0 Å². The summed E-state index contributed by atoms with van der Waals surface area (Å²) in [5.74, 6) is 0. The van der Waals surface area contributed by atoms with Crippen molar-refractivity contribution in [2.24, 2.45) is 4.40 Å². The normalized spacial score (nSPS) is 10.6. The van der Waals surface area contributed by atoms with Crippen molar-refractivity contribution in [3.63, 3.8) is 0 Å². The van der Waals surface area contributed by atoms with Crippen molar-refractivity contribution in [3.8, 4) is 0 Å². The summed E-state index contributed by atoms with van der Waals surface area (Å²) in [6, 6.07) is 6.35. The average Bonchev–Trinajstić information content (AvgIpc) is 2.18. The van der Waals surface area contributed by atoms with Gasteiger partial charge >= 0.3 is 0 Å². The highest BCUT2D eigenvalue weighted by molar-refractivity contribution is 7.99. The molecule has 0 spiro atoms. The molecule has 4 nitrogen and oxygen atoms in total. The Labute approximate surface area is 86.1 Å². The molecule has 0 saturated carbocycles. The number of thioether (sulfide) groups is 1. The van der Waals surface area contributed by atoms with Crippen molar-refractivity contribution in [3.05, 3.63) is 24.3 Å². The first-order chi connectivity index (χ1) is 6.61. The Hall–Kier alpha value is -1.10. The minimum Gasteiger partial charge on any atom is -0.210 e. The standard InChI is InChI=1S/C8H7NO3S2/c1-13-7-4-2-3-5-8(7)14(11,12)9-6-10/h2-5H,1H3. The molecule has 0 bridgehead atoms. The van der Waals surface area contributed by atoms with Gasteiger partial charge in [0, 0.05) is 4.90 Å². The maximum atomic E-state index is 11.4. The number of sulfonamides is 1. The lowest BCUT2D eigenvalue weighted by molar-refractivity contribution is 0.563. The van der Waals surface area contributed by atoms with E-state index in [1.807, 2.05) is 0 Å². The summed E-state index contributed by atoms with van der Waals surface area (Å²) < 4.78 is 25.5. The highest BCUT2D eigenvalue weighted by atomic mass is 32.2. The van der Waals surface area contributed by atoms with Gasteiger partial charge in [0.2, 0.25) is 0 Å². The third kappa shape index (κ3) is 2.23. The number of isocyanates is 1. The first kappa shape index (κ1) is 11.0. The van der Waals surface area contributed by atoms with Crippen molar-refractivity contribution in [1.82, 2.24) is 0 Å². The predicted octanol–water partition coefficient (Wildman–Crippen LogP) is 1.43. The Morgan fingerprint density at radius 1 is 1.36 bits per heavy atom. The van der Waals surface area contributed by atoms with Crippen LogP contribution in [-0.4, -0.2) is 20.8 Å². The Kier molecular flexibility index (Phi) is 3.46. The van der Waals surface area contributed by atoms with Gasteiger partial charge in [-0.1, -0.05) is 16.5 Å². The lowest BCUT2D eigenvalue weighted by atomic mass is 10.4. The number of hydrogen-bond acceptors (Lipinski definition) is 4. The van der Waals surface area contributed by atoms with E-state index in [9.17, 15) is 13.2 Å². The van der Waals surface area contributed by atoms with E-state index in [4.69, 9.17) is 0 Å². The van der Waals surface area contributed by atoms with E-state index >= 15 is 0 Å². The smallest absolute Gasteiger partial charge is 0.210 e. The fourth-order valence-corrected chi connectivity index (χ4v) is 2.75. The number of rotatable bonds is 3. The van der Waals surface area contributed by atoms with Gasteiger partial charge in [0.1, 0.15) is 4.90 Å². The second-order valence-corrected chi connectivity index (χ2v) is 4.73. The van der Waals surface area contributed by atoms with E-state index in [0.717, 1.165) is 6.08 Å². The SMILES string of the molecule is CSc1ccccc1S(=O)(=O)N=C=O. The Morgan fingerprint density at radius 3 is 2.57 bits per heavy atom. The van der Waals surface area contributed by atoms with Gasteiger partial charge in [0.25, 0.3) is 16.1 Å². The Balaban J connectivity index is 3.39. The van der Waals surface area contributed by atoms with Crippen molar-refractivity contribution in [2.75, 3.05) is 6.26 Å². The number of carbonyl (C=O) groups excluding carboxylic acids is 1. The fraction of sp³-hybridized carbons (Fsp3) is 0.125. The van der Waals surface area contributed by atoms with Gasteiger partial charge in [-0.25, -0.2) is 4.79 Å². The maximum absolute atomic E-state index is 11.4. The third-order valence-electron chi connectivity index (χ3n) is 1.50. The zero-order chi connectivity index (χ0) is 10.6. The minimum absolute atomic E-state index is 0.0378. The zero-order valence-corrected chi connectivity index (χ0v) is 8.93. The lowest BCUT2D eigenvalue weighted by Gasteiger charge is -2.02. The molecular weight excluding hydrogens is 222 g/mol. The van der Waals surface area contributed by atoms with Crippen LogP contribution in [0.1, 0.15) is 0 Å². The number of benzene rings is 1. The van der Waals surface area contributed by atoms with Crippen LogP contribution in [0, 0.1) is 0 Å². The predicted molar refractivity (Wildman–Crippen MR) is 53.5 cm³/mol. The molecule has 0 atom stereocenters. The molecule has 0 radical (unpaired) electrons. The quantitative estimate of drug-likeness (QED) is 0.447. The first-order valence-electron chi connectivity index (χ1n) is 3.59. The van der Waals surface area contributed by atoms with Crippen LogP contribution in [0.5, 0.6) is 0 Å². The Bertz CT molecular complexity index is 475. The van der Waals surface area contributed by atoms with Crippen LogP contribution in [0.2, 0.25) is 0 Å². The summed E-state index contributed by atoms with van der Waals surface area (Å²) in [4.78, 5) is 10.5. The van der Waals surface area contributed by atoms with E-state index in [1.165, 1.54) is 17.8 Å². The highest BCUT2D eigenvalue weighted by Gasteiger charge is 2.16. The van der Waals surface area contributed by atoms with E-state index in [0.29, 0.717) is 4.90 Å². The van der Waals surface area contributed by atoms with Crippen molar-refractivity contribution in [1.29, 1.82) is 0 Å². The number of hydrogen-bond donors (Lipinski definition) is 0. The van der Waals surface area contributed by atoms with Gasteiger partial charge in [-0.05, 0) is 18.4 Å². The molecule has 1 rings (SSSR count). The Morgan fingerprint density at radius 2 is 2.00 bits per heavy atom. The van der Waals surface area contributed by atoms with Crippen LogP contribution >= 0.6 is 11.8 Å². The molecule has 0 fully saturated rings. The van der Waals surface area contributed by atoms with Gasteiger partial charge in [-0.15, -0.1) is 11.8 Å². The topological polar surface area (TPSA) is 63.6 Å². The summed E-state index contributed by atoms with van der Waals surface area (Å²) in [6.45, 7) is 0. The summed E-state index contributed by atoms with van der Waals surface area (Å²) in [5.41, 5.74) is 0. The van der Waals surface area contributed by atoms with E-state index in [-0.39, 0.29) is 4.90 Å². The van der Waals surface area contributed by atoms with Gasteiger partial charge in [0.15, 0.2) is 0 Å². The number of nitrogens with zero attached hydrogens (tertiary/aromatic N) is 1. The van der Waals surface area contributed by atoms with Crippen molar-refractivity contribution >= 4 is 27.9 Å². The van der Waals surface area contributed by atoms with Crippen LogP contribution in [0.3, 0.4) is 0 Å². The monoisotopic (exact) mass is 229 g/mol. The van der Waals surface area contributed by atoms with E-state index in [2.05, 4.69) is 4.40 Å². The molecular formula is C8H7NO3S2. The summed E-state index contributed by atoms with van der Waals surface area (Å²) in [6.07, 6.45) is 2.78. The lowest BCUT2D eigenvalue weighted by Crippen LogP contribution is -1.97. The molecule has 0 saturated heterocycles. The maximum Gasteiger partial charge on any atom is 0.293 e.